The van der Waals surface area contributed by atoms with Crippen LogP contribution in [0.5, 0.6) is 5.75 Å². The number of benzene rings is 2. The molecule has 1 nitrogen and oxygen atoms in total. The van der Waals surface area contributed by atoms with Crippen molar-refractivity contribution < 1.29 is 4.74 Å². The number of hydrogen-bond acceptors (Lipinski definition) is 1. The maximum atomic E-state index is 5.49. The van der Waals surface area contributed by atoms with Crippen LogP contribution in [0.3, 0.4) is 0 Å². The zero-order chi connectivity index (χ0) is 10.7. The number of terminal acetylenes is 1. The molecule has 0 fully saturated rings. The minimum Gasteiger partial charge on any atom is -0.480 e. The van der Waals surface area contributed by atoms with Crippen molar-refractivity contribution in [2.75, 3.05) is 6.61 Å². The zero-order valence-electron chi connectivity index (χ0n) is 8.66. The Balaban J connectivity index is 2.57. The lowest BCUT2D eigenvalue weighted by Crippen LogP contribution is -1.94. The van der Waals surface area contributed by atoms with Gasteiger partial charge in [0.1, 0.15) is 12.4 Å². The second-order valence-electron chi connectivity index (χ2n) is 3.42. The molecule has 2 rings (SSSR count). The molecule has 0 spiro atoms. The highest BCUT2D eigenvalue weighted by molar-refractivity contribution is 5.90. The van der Waals surface area contributed by atoms with Crippen LogP contribution in [0, 0.1) is 19.3 Å². The van der Waals surface area contributed by atoms with Crippen LogP contribution in [0.1, 0.15) is 5.56 Å². The molecule has 0 N–H and O–H groups in total. The lowest BCUT2D eigenvalue weighted by atomic mass is 10.1. The van der Waals surface area contributed by atoms with Crippen molar-refractivity contribution in [3.8, 4) is 18.1 Å². The molecule has 74 valence electrons. The summed E-state index contributed by atoms with van der Waals surface area (Å²) in [6, 6.07) is 12.2. The van der Waals surface area contributed by atoms with Crippen molar-refractivity contribution in [3.05, 3.63) is 42.0 Å². The quantitative estimate of drug-likeness (QED) is 0.670. The highest BCUT2D eigenvalue weighted by atomic mass is 16.5. The van der Waals surface area contributed by atoms with Gasteiger partial charge in [-0.3, -0.25) is 0 Å². The molecule has 0 aromatic heterocycles. The average Bonchev–Trinajstić information content (AvgIpc) is 2.27. The second kappa shape index (κ2) is 4.06. The Morgan fingerprint density at radius 3 is 2.67 bits per heavy atom. The summed E-state index contributed by atoms with van der Waals surface area (Å²) in [6.45, 7) is 2.40. The Morgan fingerprint density at radius 1 is 1.13 bits per heavy atom. The molecular weight excluding hydrogens is 184 g/mol. The highest BCUT2D eigenvalue weighted by Gasteiger charge is 2.02. The van der Waals surface area contributed by atoms with Crippen LogP contribution >= 0.6 is 0 Å². The molecule has 1 heteroatoms. The monoisotopic (exact) mass is 196 g/mol. The van der Waals surface area contributed by atoms with Gasteiger partial charge in [-0.2, -0.15) is 0 Å². The lowest BCUT2D eigenvalue weighted by molar-refractivity contribution is 0.375. The van der Waals surface area contributed by atoms with Crippen LogP contribution in [0.2, 0.25) is 0 Å². The number of ether oxygens (including phenoxy) is 1. The summed E-state index contributed by atoms with van der Waals surface area (Å²) < 4.78 is 5.49. The Labute approximate surface area is 89.7 Å². The number of hydrogen-bond donors (Lipinski definition) is 0. The molecule has 0 amide bonds. The SMILES string of the molecule is C#CCOc1cccc2c(C)cccc12. The maximum Gasteiger partial charge on any atom is 0.148 e. The standard InChI is InChI=1S/C14H12O/c1-3-10-15-14-9-5-7-12-11(2)6-4-8-13(12)14/h1,4-9H,10H2,2H3. The van der Waals surface area contributed by atoms with Gasteiger partial charge >= 0.3 is 0 Å². The van der Waals surface area contributed by atoms with Crippen molar-refractivity contribution >= 4 is 10.8 Å². The van der Waals surface area contributed by atoms with E-state index in [1.165, 1.54) is 10.9 Å². The van der Waals surface area contributed by atoms with Crippen LogP contribution < -0.4 is 4.74 Å². The number of rotatable bonds is 2. The molecule has 0 unspecified atom stereocenters. The molecule has 2 aromatic carbocycles. The third-order valence-corrected chi connectivity index (χ3v) is 2.41. The zero-order valence-corrected chi connectivity index (χ0v) is 8.66. The van der Waals surface area contributed by atoms with Gasteiger partial charge in [0.2, 0.25) is 0 Å². The van der Waals surface area contributed by atoms with E-state index >= 15 is 0 Å². The van der Waals surface area contributed by atoms with Gasteiger partial charge in [-0.05, 0) is 23.9 Å². The first kappa shape index (κ1) is 9.61. The van der Waals surface area contributed by atoms with Crippen molar-refractivity contribution in [1.29, 1.82) is 0 Å². The van der Waals surface area contributed by atoms with Crippen LogP contribution in [-0.2, 0) is 0 Å². The predicted octanol–water partition coefficient (Wildman–Crippen LogP) is 3.16. The molecule has 0 saturated carbocycles. The summed E-state index contributed by atoms with van der Waals surface area (Å²) in [5.74, 6) is 3.33. The van der Waals surface area contributed by atoms with E-state index in [2.05, 4.69) is 25.0 Å². The summed E-state index contributed by atoms with van der Waals surface area (Å²) in [5, 5.41) is 2.33. The average molecular weight is 196 g/mol. The van der Waals surface area contributed by atoms with Gasteiger partial charge in [0, 0.05) is 5.39 Å². The Bertz CT molecular complexity index is 520. The molecular formula is C14H12O. The third kappa shape index (κ3) is 1.80. The smallest absolute Gasteiger partial charge is 0.148 e. The van der Waals surface area contributed by atoms with E-state index in [-0.39, 0.29) is 0 Å². The van der Waals surface area contributed by atoms with Gasteiger partial charge in [-0.15, -0.1) is 6.42 Å². The van der Waals surface area contributed by atoms with E-state index in [4.69, 9.17) is 11.2 Å². The Hall–Kier alpha value is -1.94. The molecule has 2 aromatic rings. The topological polar surface area (TPSA) is 9.23 Å². The van der Waals surface area contributed by atoms with Gasteiger partial charge < -0.3 is 4.74 Å². The van der Waals surface area contributed by atoms with Crippen molar-refractivity contribution in [1.82, 2.24) is 0 Å². The van der Waals surface area contributed by atoms with Gasteiger partial charge in [-0.1, -0.05) is 36.3 Å². The molecule has 0 bridgehead atoms. The summed E-state index contributed by atoms with van der Waals surface area (Å²) >= 11 is 0. The minimum absolute atomic E-state index is 0.313. The summed E-state index contributed by atoms with van der Waals surface area (Å²) in [6.07, 6.45) is 5.18. The van der Waals surface area contributed by atoms with E-state index in [0.717, 1.165) is 11.1 Å². The molecule has 15 heavy (non-hydrogen) atoms. The minimum atomic E-state index is 0.313. The lowest BCUT2D eigenvalue weighted by Gasteiger charge is -2.08. The fourth-order valence-electron chi connectivity index (χ4n) is 1.68. The van der Waals surface area contributed by atoms with Crippen molar-refractivity contribution in [2.24, 2.45) is 0 Å². The van der Waals surface area contributed by atoms with E-state index in [1.807, 2.05) is 24.3 Å². The largest absolute Gasteiger partial charge is 0.480 e. The van der Waals surface area contributed by atoms with Crippen molar-refractivity contribution in [2.45, 2.75) is 6.92 Å². The van der Waals surface area contributed by atoms with Crippen LogP contribution in [0.15, 0.2) is 36.4 Å². The van der Waals surface area contributed by atoms with Crippen molar-refractivity contribution in [3.63, 3.8) is 0 Å². The number of fused-ring (bicyclic) bond motifs is 1. The first-order chi connectivity index (χ1) is 7.33. The summed E-state index contributed by atoms with van der Waals surface area (Å²) in [4.78, 5) is 0. The normalized spacial score (nSPS) is 9.87. The van der Waals surface area contributed by atoms with Gasteiger partial charge in [-0.25, -0.2) is 0 Å². The second-order valence-corrected chi connectivity index (χ2v) is 3.42. The molecule has 0 aliphatic heterocycles. The van der Waals surface area contributed by atoms with E-state index in [1.54, 1.807) is 0 Å². The number of aryl methyl sites for hydroxylation is 1. The van der Waals surface area contributed by atoms with Crippen LogP contribution in [0.4, 0.5) is 0 Å². The Kier molecular flexibility index (Phi) is 2.60. The summed E-state index contributed by atoms with van der Waals surface area (Å²) in [5.41, 5.74) is 1.25. The molecule has 0 atom stereocenters. The first-order valence-corrected chi connectivity index (χ1v) is 4.87. The fourth-order valence-corrected chi connectivity index (χ4v) is 1.68. The molecule has 0 radical (unpaired) electrons. The predicted molar refractivity (Wildman–Crippen MR) is 63.0 cm³/mol. The van der Waals surface area contributed by atoms with E-state index in [0.29, 0.717) is 6.61 Å². The van der Waals surface area contributed by atoms with Gasteiger partial charge in [0.25, 0.3) is 0 Å². The van der Waals surface area contributed by atoms with Gasteiger partial charge in [0.15, 0.2) is 0 Å². The maximum absolute atomic E-state index is 5.49. The van der Waals surface area contributed by atoms with Crippen LogP contribution in [0.25, 0.3) is 10.8 Å². The van der Waals surface area contributed by atoms with Gasteiger partial charge in [0.05, 0.1) is 0 Å². The molecule has 0 aliphatic rings. The van der Waals surface area contributed by atoms with Crippen LogP contribution in [-0.4, -0.2) is 6.61 Å². The molecule has 0 aliphatic carbocycles. The van der Waals surface area contributed by atoms with E-state index < -0.39 is 0 Å². The Morgan fingerprint density at radius 2 is 1.87 bits per heavy atom. The first-order valence-electron chi connectivity index (χ1n) is 4.87. The highest BCUT2D eigenvalue weighted by Crippen LogP contribution is 2.27. The third-order valence-electron chi connectivity index (χ3n) is 2.41. The molecule has 0 saturated heterocycles. The summed E-state index contributed by atoms with van der Waals surface area (Å²) in [7, 11) is 0. The van der Waals surface area contributed by atoms with E-state index in [9.17, 15) is 0 Å². The molecule has 0 heterocycles. The fraction of sp³-hybridized carbons (Fsp3) is 0.143.